The number of ether oxygens (including phenoxy) is 1. The molecule has 130 valence electrons. The molecule has 8 nitrogen and oxygen atoms in total. The highest BCUT2D eigenvalue weighted by Crippen LogP contribution is 2.23. The maximum Gasteiger partial charge on any atom is 0.240 e. The van der Waals surface area contributed by atoms with Gasteiger partial charge < -0.3 is 14.6 Å². The maximum atomic E-state index is 5.45. The minimum absolute atomic E-state index is 0.558. The van der Waals surface area contributed by atoms with Crippen LogP contribution in [0.15, 0.2) is 49.2 Å². The molecule has 0 amide bonds. The van der Waals surface area contributed by atoms with Gasteiger partial charge in [-0.25, -0.2) is 4.98 Å². The number of benzene rings is 1. The third-order valence-electron chi connectivity index (χ3n) is 4.45. The number of hydrogen-bond acceptors (Lipinski definition) is 6. The van der Waals surface area contributed by atoms with Crippen LogP contribution in [0.2, 0.25) is 0 Å². The molecule has 1 aliphatic heterocycles. The number of imidazole rings is 1. The van der Waals surface area contributed by atoms with E-state index in [9.17, 15) is 0 Å². The average Bonchev–Trinajstić information content (AvgIpc) is 3.39. The van der Waals surface area contributed by atoms with E-state index >= 15 is 0 Å². The standard InChI is InChI=1S/C18H17N7O/c1-2-15-13(3-4-20-15)11-14(1)16-21-17(24-7-9-26-10-8-24)23-18(22-16)25-6-5-19-12-25/h1-6,11-12,20H,7-10H2. The molecule has 1 saturated heterocycles. The molecule has 1 aromatic carbocycles. The molecule has 3 aromatic heterocycles. The summed E-state index contributed by atoms with van der Waals surface area (Å²) in [6, 6.07) is 8.19. The highest BCUT2D eigenvalue weighted by molar-refractivity contribution is 5.84. The van der Waals surface area contributed by atoms with Crippen molar-refractivity contribution in [1.29, 1.82) is 0 Å². The van der Waals surface area contributed by atoms with Crippen molar-refractivity contribution in [3.05, 3.63) is 49.2 Å². The van der Waals surface area contributed by atoms with Crippen LogP contribution >= 0.6 is 0 Å². The number of H-pyrrole nitrogens is 1. The van der Waals surface area contributed by atoms with Crippen LogP contribution < -0.4 is 4.90 Å². The molecule has 0 spiro atoms. The van der Waals surface area contributed by atoms with Crippen molar-refractivity contribution < 1.29 is 4.74 Å². The Morgan fingerprint density at radius 1 is 1.00 bits per heavy atom. The minimum Gasteiger partial charge on any atom is -0.378 e. The van der Waals surface area contributed by atoms with E-state index in [2.05, 4.69) is 30.9 Å². The number of aromatic amines is 1. The van der Waals surface area contributed by atoms with Crippen LogP contribution in [0.25, 0.3) is 28.2 Å². The lowest BCUT2D eigenvalue weighted by Gasteiger charge is -2.27. The van der Waals surface area contributed by atoms with Gasteiger partial charge in [0.05, 0.1) is 13.2 Å². The summed E-state index contributed by atoms with van der Waals surface area (Å²) in [6.45, 7) is 2.89. The SMILES string of the molecule is c1cn(-c2nc(-c3ccc4[nH]ccc4c3)nc(N3CCOCC3)n2)cn1. The Kier molecular flexibility index (Phi) is 3.60. The molecule has 0 bridgehead atoms. The largest absolute Gasteiger partial charge is 0.378 e. The zero-order valence-electron chi connectivity index (χ0n) is 14.0. The lowest BCUT2D eigenvalue weighted by atomic mass is 10.1. The first-order valence-electron chi connectivity index (χ1n) is 8.51. The summed E-state index contributed by atoms with van der Waals surface area (Å²) in [5.41, 5.74) is 2.04. The maximum absolute atomic E-state index is 5.45. The van der Waals surface area contributed by atoms with Crippen molar-refractivity contribution in [2.45, 2.75) is 0 Å². The highest BCUT2D eigenvalue weighted by atomic mass is 16.5. The van der Waals surface area contributed by atoms with Gasteiger partial charge in [0.1, 0.15) is 6.33 Å². The number of aromatic nitrogens is 6. The highest BCUT2D eigenvalue weighted by Gasteiger charge is 2.18. The molecule has 1 fully saturated rings. The van der Waals surface area contributed by atoms with Gasteiger partial charge in [0.15, 0.2) is 5.82 Å². The summed E-state index contributed by atoms with van der Waals surface area (Å²) in [5, 5.41) is 1.13. The molecule has 0 aliphatic carbocycles. The van der Waals surface area contributed by atoms with E-state index in [-0.39, 0.29) is 0 Å². The Morgan fingerprint density at radius 2 is 1.88 bits per heavy atom. The van der Waals surface area contributed by atoms with Crippen molar-refractivity contribution in [1.82, 2.24) is 29.5 Å². The number of nitrogens with one attached hydrogen (secondary N) is 1. The Bertz CT molecular complexity index is 1030. The van der Waals surface area contributed by atoms with Gasteiger partial charge in [0.2, 0.25) is 11.9 Å². The van der Waals surface area contributed by atoms with Gasteiger partial charge >= 0.3 is 0 Å². The van der Waals surface area contributed by atoms with E-state index in [1.807, 2.05) is 30.6 Å². The molecule has 1 N–H and O–H groups in total. The molecular formula is C18H17N7O. The molecule has 0 atom stereocenters. The molecule has 8 heteroatoms. The van der Waals surface area contributed by atoms with E-state index in [0.29, 0.717) is 30.9 Å². The van der Waals surface area contributed by atoms with Crippen LogP contribution in [0.5, 0.6) is 0 Å². The molecule has 1 aliphatic rings. The Morgan fingerprint density at radius 3 is 2.73 bits per heavy atom. The van der Waals surface area contributed by atoms with Gasteiger partial charge in [-0.05, 0) is 24.3 Å². The molecule has 0 radical (unpaired) electrons. The van der Waals surface area contributed by atoms with E-state index in [1.165, 1.54) is 0 Å². The van der Waals surface area contributed by atoms with Crippen molar-refractivity contribution in [3.8, 4) is 17.3 Å². The Balaban J connectivity index is 1.64. The quantitative estimate of drug-likeness (QED) is 0.610. The number of fused-ring (bicyclic) bond motifs is 1. The number of anilines is 1. The first-order valence-corrected chi connectivity index (χ1v) is 8.51. The van der Waals surface area contributed by atoms with E-state index < -0.39 is 0 Å². The fraction of sp³-hybridized carbons (Fsp3) is 0.222. The topological polar surface area (TPSA) is 84.8 Å². The summed E-state index contributed by atoms with van der Waals surface area (Å²) in [4.78, 5) is 23.5. The second-order valence-corrected chi connectivity index (χ2v) is 6.11. The van der Waals surface area contributed by atoms with Crippen LogP contribution in [-0.4, -0.2) is 55.8 Å². The van der Waals surface area contributed by atoms with Gasteiger partial charge in [0, 0.05) is 48.1 Å². The van der Waals surface area contributed by atoms with E-state index in [4.69, 9.17) is 9.72 Å². The van der Waals surface area contributed by atoms with Crippen LogP contribution in [0.4, 0.5) is 5.95 Å². The molecular weight excluding hydrogens is 330 g/mol. The van der Waals surface area contributed by atoms with Gasteiger partial charge in [-0.15, -0.1) is 0 Å². The number of hydrogen-bond donors (Lipinski definition) is 1. The first-order chi connectivity index (χ1) is 12.9. The van der Waals surface area contributed by atoms with E-state index in [1.54, 1.807) is 17.1 Å². The summed E-state index contributed by atoms with van der Waals surface area (Å²) in [7, 11) is 0. The fourth-order valence-electron chi connectivity index (χ4n) is 3.07. The lowest BCUT2D eigenvalue weighted by Crippen LogP contribution is -2.37. The molecule has 0 unspecified atom stereocenters. The van der Waals surface area contributed by atoms with Gasteiger partial charge in [-0.1, -0.05) is 0 Å². The van der Waals surface area contributed by atoms with Crippen molar-refractivity contribution in [2.75, 3.05) is 31.2 Å². The van der Waals surface area contributed by atoms with Gasteiger partial charge in [-0.2, -0.15) is 15.0 Å². The minimum atomic E-state index is 0.558. The second kappa shape index (κ2) is 6.23. The predicted octanol–water partition coefficient (Wildman–Crippen LogP) is 2.04. The zero-order chi connectivity index (χ0) is 17.3. The van der Waals surface area contributed by atoms with Crippen LogP contribution in [0, 0.1) is 0 Å². The third-order valence-corrected chi connectivity index (χ3v) is 4.45. The molecule has 5 rings (SSSR count). The van der Waals surface area contributed by atoms with E-state index in [0.717, 1.165) is 29.6 Å². The van der Waals surface area contributed by atoms with Crippen molar-refractivity contribution in [3.63, 3.8) is 0 Å². The van der Waals surface area contributed by atoms with Crippen LogP contribution in [0.3, 0.4) is 0 Å². The number of morpholine rings is 1. The first kappa shape index (κ1) is 15.0. The van der Waals surface area contributed by atoms with Crippen molar-refractivity contribution >= 4 is 16.9 Å². The zero-order valence-corrected chi connectivity index (χ0v) is 14.0. The number of nitrogens with zero attached hydrogens (tertiary/aromatic N) is 6. The van der Waals surface area contributed by atoms with Gasteiger partial charge in [-0.3, -0.25) is 4.57 Å². The third kappa shape index (κ3) is 2.70. The summed E-state index contributed by atoms with van der Waals surface area (Å²) in [5.74, 6) is 1.87. The van der Waals surface area contributed by atoms with Gasteiger partial charge in [0.25, 0.3) is 0 Å². The Labute approximate surface area is 149 Å². The van der Waals surface area contributed by atoms with Crippen LogP contribution in [-0.2, 0) is 4.74 Å². The van der Waals surface area contributed by atoms with Crippen LogP contribution in [0.1, 0.15) is 0 Å². The molecule has 4 aromatic rings. The fourth-order valence-corrected chi connectivity index (χ4v) is 3.07. The second-order valence-electron chi connectivity index (χ2n) is 6.11. The molecule has 4 heterocycles. The summed E-state index contributed by atoms with van der Waals surface area (Å²) >= 11 is 0. The molecule has 0 saturated carbocycles. The predicted molar refractivity (Wildman–Crippen MR) is 97.3 cm³/mol. The average molecular weight is 347 g/mol. The molecule has 26 heavy (non-hydrogen) atoms. The summed E-state index contributed by atoms with van der Waals surface area (Å²) in [6.07, 6.45) is 7.16. The monoisotopic (exact) mass is 347 g/mol. The normalized spacial score (nSPS) is 14.8. The Hall–Kier alpha value is -3.26. The lowest BCUT2D eigenvalue weighted by molar-refractivity contribution is 0.122. The number of rotatable bonds is 3. The smallest absolute Gasteiger partial charge is 0.240 e. The van der Waals surface area contributed by atoms with Crippen molar-refractivity contribution in [2.24, 2.45) is 0 Å². The summed E-state index contributed by atoms with van der Waals surface area (Å²) < 4.78 is 7.24.